The van der Waals surface area contributed by atoms with Crippen molar-refractivity contribution < 1.29 is 19.1 Å². The van der Waals surface area contributed by atoms with Crippen LogP contribution in [0.4, 0.5) is 0 Å². The molecular formula is C20H30N2O4. The summed E-state index contributed by atoms with van der Waals surface area (Å²) in [6, 6.07) is 2.93. The van der Waals surface area contributed by atoms with Crippen LogP contribution in [0.3, 0.4) is 0 Å². The normalized spacial score (nSPS) is 17.9. The van der Waals surface area contributed by atoms with Crippen molar-refractivity contribution in [2.24, 2.45) is 5.92 Å². The van der Waals surface area contributed by atoms with Crippen LogP contribution in [0.25, 0.3) is 0 Å². The number of aliphatic hydroxyl groups excluding tert-OH is 1. The van der Waals surface area contributed by atoms with Gasteiger partial charge in [-0.05, 0) is 38.1 Å². The van der Waals surface area contributed by atoms with Gasteiger partial charge in [-0.1, -0.05) is 27.7 Å². The second kappa shape index (κ2) is 8.54. The van der Waals surface area contributed by atoms with E-state index in [4.69, 9.17) is 4.42 Å². The van der Waals surface area contributed by atoms with Crippen molar-refractivity contribution in [2.45, 2.75) is 47.1 Å². The molecule has 0 fully saturated rings. The molecule has 0 saturated heterocycles. The fourth-order valence-corrected chi connectivity index (χ4v) is 3.33. The number of aliphatic hydroxyl groups is 1. The fourth-order valence-electron chi connectivity index (χ4n) is 3.33. The third-order valence-corrected chi connectivity index (χ3v) is 4.78. The molecule has 144 valence electrons. The first-order chi connectivity index (χ1) is 12.3. The number of hydrogen-bond acceptors (Lipinski definition) is 5. The van der Waals surface area contributed by atoms with E-state index >= 15 is 0 Å². The highest BCUT2D eigenvalue weighted by Crippen LogP contribution is 2.39. The molecule has 2 rings (SSSR count). The maximum absolute atomic E-state index is 12.7. The van der Waals surface area contributed by atoms with Gasteiger partial charge in [-0.15, -0.1) is 0 Å². The van der Waals surface area contributed by atoms with E-state index in [-0.39, 0.29) is 23.7 Å². The summed E-state index contributed by atoms with van der Waals surface area (Å²) in [5, 5.41) is 10.4. The first-order valence-electron chi connectivity index (χ1n) is 9.36. The number of amides is 1. The van der Waals surface area contributed by atoms with Crippen molar-refractivity contribution in [3.8, 4) is 0 Å². The van der Waals surface area contributed by atoms with Gasteiger partial charge in [0.2, 0.25) is 0 Å². The number of aryl methyl sites for hydroxylation is 1. The highest BCUT2D eigenvalue weighted by molar-refractivity contribution is 6.08. The minimum absolute atomic E-state index is 0.140. The Hall–Kier alpha value is -2.08. The van der Waals surface area contributed by atoms with Crippen LogP contribution in [-0.2, 0) is 9.59 Å². The molecule has 2 heterocycles. The molecule has 0 radical (unpaired) electrons. The molecule has 1 atom stereocenters. The summed E-state index contributed by atoms with van der Waals surface area (Å²) < 4.78 is 5.73. The van der Waals surface area contributed by atoms with E-state index in [1.54, 1.807) is 11.0 Å². The lowest BCUT2D eigenvalue weighted by Crippen LogP contribution is -2.38. The van der Waals surface area contributed by atoms with Gasteiger partial charge in [0.15, 0.2) is 11.5 Å². The van der Waals surface area contributed by atoms with Crippen LogP contribution in [0.1, 0.15) is 51.7 Å². The Bertz CT molecular complexity index is 686. The zero-order valence-corrected chi connectivity index (χ0v) is 16.4. The fraction of sp³-hybridized carbons (Fsp3) is 0.600. The van der Waals surface area contributed by atoms with Crippen molar-refractivity contribution in [1.29, 1.82) is 0 Å². The average Bonchev–Trinajstić information content (AvgIpc) is 3.11. The van der Waals surface area contributed by atoms with Crippen LogP contribution in [0.2, 0.25) is 0 Å². The second-order valence-corrected chi connectivity index (χ2v) is 7.16. The number of carbonyl (C=O) groups is 2. The van der Waals surface area contributed by atoms with Crippen LogP contribution >= 0.6 is 0 Å². The standard InChI is InChI=1S/C20H30N2O4/c1-6-21(7-2)10-11-22-18(16-9-8-14(5)26-16)17(19(24)20(22)25)15(23)12-13(3)4/h8-9,13,18,24H,6-7,10-12H2,1-5H3. The monoisotopic (exact) mass is 362 g/mol. The average molecular weight is 362 g/mol. The van der Waals surface area contributed by atoms with Gasteiger partial charge in [-0.2, -0.15) is 0 Å². The minimum Gasteiger partial charge on any atom is -0.503 e. The predicted molar refractivity (Wildman–Crippen MR) is 99.8 cm³/mol. The molecule has 0 saturated carbocycles. The van der Waals surface area contributed by atoms with E-state index in [0.717, 1.165) is 13.1 Å². The maximum Gasteiger partial charge on any atom is 0.290 e. The molecule has 6 nitrogen and oxygen atoms in total. The van der Waals surface area contributed by atoms with Gasteiger partial charge in [0.1, 0.15) is 17.6 Å². The Morgan fingerprint density at radius 1 is 1.31 bits per heavy atom. The molecule has 1 amide bonds. The molecule has 1 aromatic rings. The highest BCUT2D eigenvalue weighted by Gasteiger charge is 2.44. The summed E-state index contributed by atoms with van der Waals surface area (Å²) in [7, 11) is 0. The SMILES string of the molecule is CCN(CC)CCN1C(=O)C(O)=C(C(=O)CC(C)C)C1c1ccc(C)o1. The molecule has 0 aliphatic carbocycles. The van der Waals surface area contributed by atoms with E-state index in [0.29, 0.717) is 24.6 Å². The number of furan rings is 1. The number of rotatable bonds is 9. The summed E-state index contributed by atoms with van der Waals surface area (Å²) in [4.78, 5) is 29.2. The van der Waals surface area contributed by atoms with Gasteiger partial charge in [0.05, 0.1) is 5.57 Å². The predicted octanol–water partition coefficient (Wildman–Crippen LogP) is 3.24. The van der Waals surface area contributed by atoms with Crippen molar-refractivity contribution in [3.05, 3.63) is 35.0 Å². The van der Waals surface area contributed by atoms with Gasteiger partial charge in [-0.3, -0.25) is 9.59 Å². The van der Waals surface area contributed by atoms with E-state index in [2.05, 4.69) is 18.7 Å². The van der Waals surface area contributed by atoms with E-state index in [1.165, 1.54) is 0 Å². The third-order valence-electron chi connectivity index (χ3n) is 4.78. The van der Waals surface area contributed by atoms with E-state index < -0.39 is 17.7 Å². The number of ketones is 1. The summed E-state index contributed by atoms with van der Waals surface area (Å²) in [5.41, 5.74) is 0.164. The Morgan fingerprint density at radius 3 is 2.46 bits per heavy atom. The maximum atomic E-state index is 12.7. The number of carbonyl (C=O) groups excluding carboxylic acids is 2. The number of nitrogens with zero attached hydrogens (tertiary/aromatic N) is 2. The zero-order valence-electron chi connectivity index (χ0n) is 16.4. The molecule has 0 bridgehead atoms. The minimum atomic E-state index is -0.655. The quantitative estimate of drug-likeness (QED) is 0.730. The van der Waals surface area contributed by atoms with Crippen molar-refractivity contribution in [1.82, 2.24) is 9.80 Å². The van der Waals surface area contributed by atoms with Crippen LogP contribution in [0.15, 0.2) is 27.9 Å². The Kier molecular flexibility index (Phi) is 6.64. The highest BCUT2D eigenvalue weighted by atomic mass is 16.3. The lowest BCUT2D eigenvalue weighted by molar-refractivity contribution is -0.129. The molecule has 6 heteroatoms. The van der Waals surface area contributed by atoms with Gasteiger partial charge >= 0.3 is 0 Å². The van der Waals surface area contributed by atoms with Crippen molar-refractivity contribution >= 4 is 11.7 Å². The Morgan fingerprint density at radius 2 is 1.96 bits per heavy atom. The molecule has 1 aliphatic rings. The Labute approximate surface area is 155 Å². The van der Waals surface area contributed by atoms with Crippen molar-refractivity contribution in [2.75, 3.05) is 26.2 Å². The van der Waals surface area contributed by atoms with E-state index in [9.17, 15) is 14.7 Å². The molecule has 1 aliphatic heterocycles. The number of Topliss-reactive ketones (excluding diaryl/α,β-unsaturated/α-hetero) is 1. The molecule has 1 unspecified atom stereocenters. The van der Waals surface area contributed by atoms with Crippen LogP contribution in [0.5, 0.6) is 0 Å². The molecular weight excluding hydrogens is 332 g/mol. The smallest absolute Gasteiger partial charge is 0.290 e. The molecule has 0 aromatic carbocycles. The van der Waals surface area contributed by atoms with Crippen molar-refractivity contribution in [3.63, 3.8) is 0 Å². The van der Waals surface area contributed by atoms with Crippen LogP contribution < -0.4 is 0 Å². The van der Waals surface area contributed by atoms with Gasteiger partial charge in [0.25, 0.3) is 5.91 Å². The van der Waals surface area contributed by atoms with Crippen LogP contribution in [0, 0.1) is 12.8 Å². The van der Waals surface area contributed by atoms with Gasteiger partial charge in [0, 0.05) is 19.5 Å². The molecule has 1 N–H and O–H groups in total. The summed E-state index contributed by atoms with van der Waals surface area (Å²) in [5.74, 6) is 0.235. The molecule has 26 heavy (non-hydrogen) atoms. The largest absolute Gasteiger partial charge is 0.503 e. The topological polar surface area (TPSA) is 74.0 Å². The first-order valence-corrected chi connectivity index (χ1v) is 9.36. The molecule has 0 spiro atoms. The molecule has 1 aromatic heterocycles. The van der Waals surface area contributed by atoms with Crippen LogP contribution in [-0.4, -0.2) is 52.8 Å². The first kappa shape index (κ1) is 20.2. The number of hydrogen-bond donors (Lipinski definition) is 1. The Balaban J connectivity index is 2.36. The van der Waals surface area contributed by atoms with Gasteiger partial charge < -0.3 is 19.3 Å². The van der Waals surface area contributed by atoms with Gasteiger partial charge in [-0.25, -0.2) is 0 Å². The lowest BCUT2D eigenvalue weighted by atomic mass is 9.95. The number of likely N-dealkylation sites (N-methyl/N-ethyl adjacent to an activating group) is 1. The second-order valence-electron chi connectivity index (χ2n) is 7.16. The van der Waals surface area contributed by atoms with E-state index in [1.807, 2.05) is 26.8 Å². The summed E-state index contributed by atoms with van der Waals surface area (Å²) in [6.07, 6.45) is 0.284. The summed E-state index contributed by atoms with van der Waals surface area (Å²) in [6.45, 7) is 12.7. The zero-order chi connectivity index (χ0) is 19.4. The third kappa shape index (κ3) is 4.18. The lowest BCUT2D eigenvalue weighted by Gasteiger charge is -2.28. The summed E-state index contributed by atoms with van der Waals surface area (Å²) >= 11 is 0.